The maximum absolute atomic E-state index is 3.66. The largest absolute Gasteiger partial charge is 0.365 e. The molecule has 0 amide bonds. The normalized spacial score (nSPS) is 23.2. The lowest BCUT2D eigenvalue weighted by Gasteiger charge is -2.40. The van der Waals surface area contributed by atoms with Gasteiger partial charge in [-0.05, 0) is 30.9 Å². The monoisotopic (exact) mass is 332 g/mol. The highest BCUT2D eigenvalue weighted by molar-refractivity contribution is 9.10. The molecule has 2 nitrogen and oxygen atoms in total. The third kappa shape index (κ3) is 2.45. The van der Waals surface area contributed by atoms with E-state index in [1.54, 1.807) is 0 Å². The van der Waals surface area contributed by atoms with Crippen molar-refractivity contribution >= 4 is 32.4 Å². The first kappa shape index (κ1) is 13.9. The Morgan fingerprint density at radius 1 is 1.20 bits per heavy atom. The molecular formula is C17H21BrN2. The Labute approximate surface area is 129 Å². The van der Waals surface area contributed by atoms with Crippen LogP contribution >= 0.6 is 15.9 Å². The third-order valence-electron chi connectivity index (χ3n) is 4.30. The van der Waals surface area contributed by atoms with Crippen LogP contribution in [0, 0.1) is 0 Å². The zero-order valence-electron chi connectivity index (χ0n) is 12.1. The molecule has 1 saturated heterocycles. The summed E-state index contributed by atoms with van der Waals surface area (Å²) in [6, 6.07) is 14.2. The van der Waals surface area contributed by atoms with E-state index in [0.29, 0.717) is 12.1 Å². The van der Waals surface area contributed by atoms with Gasteiger partial charge in [0.15, 0.2) is 0 Å². The molecule has 2 atom stereocenters. The predicted molar refractivity (Wildman–Crippen MR) is 90.5 cm³/mol. The molecule has 0 radical (unpaired) electrons. The molecule has 3 rings (SSSR count). The number of hydrogen-bond donors (Lipinski definition) is 1. The van der Waals surface area contributed by atoms with Crippen molar-refractivity contribution in [1.29, 1.82) is 0 Å². The SMILES string of the molecule is CCC1CN(c2ccc(Br)c3ccccc23)C(C)CN1. The molecule has 1 aliphatic rings. The molecule has 2 aromatic rings. The summed E-state index contributed by atoms with van der Waals surface area (Å²) in [5.74, 6) is 0. The van der Waals surface area contributed by atoms with Gasteiger partial charge in [-0.3, -0.25) is 0 Å². The highest BCUT2D eigenvalue weighted by Gasteiger charge is 2.25. The molecule has 0 bridgehead atoms. The second-order valence-corrected chi connectivity index (χ2v) is 6.48. The fraction of sp³-hybridized carbons (Fsp3) is 0.412. The molecule has 1 fully saturated rings. The first-order chi connectivity index (χ1) is 9.70. The van der Waals surface area contributed by atoms with E-state index in [2.05, 4.69) is 76.4 Å². The quantitative estimate of drug-likeness (QED) is 0.887. The van der Waals surface area contributed by atoms with E-state index in [4.69, 9.17) is 0 Å². The van der Waals surface area contributed by atoms with Gasteiger partial charge in [0.05, 0.1) is 0 Å². The topological polar surface area (TPSA) is 15.3 Å². The van der Waals surface area contributed by atoms with Crippen molar-refractivity contribution in [2.24, 2.45) is 0 Å². The van der Waals surface area contributed by atoms with Crippen molar-refractivity contribution in [2.45, 2.75) is 32.4 Å². The number of nitrogens with zero attached hydrogens (tertiary/aromatic N) is 1. The second kappa shape index (κ2) is 5.74. The Bertz CT molecular complexity index is 611. The number of piperazine rings is 1. The summed E-state index contributed by atoms with van der Waals surface area (Å²) in [6.07, 6.45) is 1.18. The summed E-state index contributed by atoms with van der Waals surface area (Å²) in [6.45, 7) is 6.70. The van der Waals surface area contributed by atoms with Crippen LogP contribution in [-0.4, -0.2) is 25.2 Å². The summed E-state index contributed by atoms with van der Waals surface area (Å²) in [7, 11) is 0. The molecule has 0 saturated carbocycles. The highest BCUT2D eigenvalue weighted by atomic mass is 79.9. The Morgan fingerprint density at radius 2 is 1.95 bits per heavy atom. The van der Waals surface area contributed by atoms with Crippen LogP contribution in [0.5, 0.6) is 0 Å². The van der Waals surface area contributed by atoms with Crippen LogP contribution in [0.15, 0.2) is 40.9 Å². The van der Waals surface area contributed by atoms with Crippen molar-refractivity contribution < 1.29 is 0 Å². The molecule has 1 N–H and O–H groups in total. The summed E-state index contributed by atoms with van der Waals surface area (Å²) in [5.41, 5.74) is 1.36. The van der Waals surface area contributed by atoms with Gasteiger partial charge in [0.2, 0.25) is 0 Å². The molecule has 1 aliphatic heterocycles. The summed E-state index contributed by atoms with van der Waals surface area (Å²) in [5, 5.41) is 6.26. The van der Waals surface area contributed by atoms with Crippen molar-refractivity contribution in [3.8, 4) is 0 Å². The number of halogens is 1. The van der Waals surface area contributed by atoms with Gasteiger partial charge in [0.1, 0.15) is 0 Å². The second-order valence-electron chi connectivity index (χ2n) is 5.63. The van der Waals surface area contributed by atoms with Crippen LogP contribution < -0.4 is 10.2 Å². The average molecular weight is 333 g/mol. The molecule has 20 heavy (non-hydrogen) atoms. The van der Waals surface area contributed by atoms with Gasteiger partial charge in [-0.1, -0.05) is 47.1 Å². The van der Waals surface area contributed by atoms with E-state index < -0.39 is 0 Å². The van der Waals surface area contributed by atoms with Gasteiger partial charge >= 0.3 is 0 Å². The van der Waals surface area contributed by atoms with Gasteiger partial charge in [-0.25, -0.2) is 0 Å². The lowest BCUT2D eigenvalue weighted by atomic mass is 10.0. The minimum Gasteiger partial charge on any atom is -0.365 e. The minimum atomic E-state index is 0.530. The van der Waals surface area contributed by atoms with Crippen LogP contribution in [0.4, 0.5) is 5.69 Å². The van der Waals surface area contributed by atoms with Crippen LogP contribution in [0.25, 0.3) is 10.8 Å². The number of nitrogens with one attached hydrogen (secondary N) is 1. The van der Waals surface area contributed by atoms with Gasteiger partial charge < -0.3 is 10.2 Å². The summed E-state index contributed by atoms with van der Waals surface area (Å²) in [4.78, 5) is 2.55. The lowest BCUT2D eigenvalue weighted by molar-refractivity contribution is 0.398. The molecule has 0 aliphatic carbocycles. The fourth-order valence-corrected chi connectivity index (χ4v) is 3.51. The molecule has 2 unspecified atom stereocenters. The van der Waals surface area contributed by atoms with E-state index in [-0.39, 0.29) is 0 Å². The third-order valence-corrected chi connectivity index (χ3v) is 4.99. The van der Waals surface area contributed by atoms with Gasteiger partial charge in [0, 0.05) is 40.7 Å². The molecule has 3 heteroatoms. The van der Waals surface area contributed by atoms with Gasteiger partial charge in [0.25, 0.3) is 0 Å². The Kier molecular flexibility index (Phi) is 3.99. The Balaban J connectivity index is 2.07. The standard InChI is InChI=1S/C17H21BrN2/c1-3-13-11-20(12(2)10-19-13)17-9-8-16(18)14-6-4-5-7-15(14)17/h4-9,12-13,19H,3,10-11H2,1-2H3. The van der Waals surface area contributed by atoms with Crippen LogP contribution in [0.1, 0.15) is 20.3 Å². The van der Waals surface area contributed by atoms with Crippen molar-refractivity contribution in [1.82, 2.24) is 5.32 Å². The zero-order chi connectivity index (χ0) is 14.1. The predicted octanol–water partition coefficient (Wildman–Crippen LogP) is 4.18. The highest BCUT2D eigenvalue weighted by Crippen LogP contribution is 2.33. The van der Waals surface area contributed by atoms with E-state index >= 15 is 0 Å². The molecular weight excluding hydrogens is 312 g/mol. The maximum Gasteiger partial charge on any atom is 0.0450 e. The minimum absolute atomic E-state index is 0.530. The van der Waals surface area contributed by atoms with Gasteiger partial charge in [-0.15, -0.1) is 0 Å². The summed E-state index contributed by atoms with van der Waals surface area (Å²) < 4.78 is 1.17. The zero-order valence-corrected chi connectivity index (χ0v) is 13.7. The number of rotatable bonds is 2. The van der Waals surface area contributed by atoms with Gasteiger partial charge in [-0.2, -0.15) is 0 Å². The number of benzene rings is 2. The lowest BCUT2D eigenvalue weighted by Crippen LogP contribution is -2.55. The summed E-state index contributed by atoms with van der Waals surface area (Å²) >= 11 is 3.66. The average Bonchev–Trinajstić information content (AvgIpc) is 2.49. The van der Waals surface area contributed by atoms with E-state index in [1.807, 2.05) is 0 Å². The van der Waals surface area contributed by atoms with Crippen LogP contribution in [0.2, 0.25) is 0 Å². The first-order valence-electron chi connectivity index (χ1n) is 7.38. The van der Waals surface area contributed by atoms with E-state index in [0.717, 1.165) is 13.1 Å². The maximum atomic E-state index is 3.66. The molecule has 106 valence electrons. The van der Waals surface area contributed by atoms with E-state index in [9.17, 15) is 0 Å². The van der Waals surface area contributed by atoms with Crippen LogP contribution in [-0.2, 0) is 0 Å². The van der Waals surface area contributed by atoms with Crippen molar-refractivity contribution in [3.63, 3.8) is 0 Å². The van der Waals surface area contributed by atoms with E-state index in [1.165, 1.54) is 27.4 Å². The molecule has 0 aromatic heterocycles. The Morgan fingerprint density at radius 3 is 2.70 bits per heavy atom. The smallest absolute Gasteiger partial charge is 0.0450 e. The molecule has 1 heterocycles. The fourth-order valence-electron chi connectivity index (χ4n) is 3.04. The number of fused-ring (bicyclic) bond motifs is 1. The number of hydrogen-bond acceptors (Lipinski definition) is 2. The number of anilines is 1. The molecule has 2 aromatic carbocycles. The Hall–Kier alpha value is -1.06. The van der Waals surface area contributed by atoms with Crippen LogP contribution in [0.3, 0.4) is 0 Å². The van der Waals surface area contributed by atoms with Crippen molar-refractivity contribution in [3.05, 3.63) is 40.9 Å². The van der Waals surface area contributed by atoms with Crippen molar-refractivity contribution in [2.75, 3.05) is 18.0 Å². The first-order valence-corrected chi connectivity index (χ1v) is 8.17. The molecule has 0 spiro atoms.